The molecule has 100 valence electrons. The molecule has 2 rings (SSSR count). The summed E-state index contributed by atoms with van der Waals surface area (Å²) in [5.41, 5.74) is 7.18. The minimum Gasteiger partial charge on any atom is -0.388 e. The van der Waals surface area contributed by atoms with Crippen LogP contribution in [0.15, 0.2) is 36.4 Å². The molecule has 0 heterocycles. The molecule has 0 saturated carbocycles. The predicted octanol–water partition coefficient (Wildman–Crippen LogP) is 4.20. The van der Waals surface area contributed by atoms with Crippen LogP contribution in [-0.4, -0.2) is 5.11 Å². The lowest BCUT2D eigenvalue weighted by Crippen LogP contribution is -2.08. The summed E-state index contributed by atoms with van der Waals surface area (Å²) in [6.07, 6.45) is 0.255. The third-order valence-corrected chi connectivity index (χ3v) is 3.92. The van der Waals surface area contributed by atoms with Gasteiger partial charge in [0, 0.05) is 6.42 Å². The fraction of sp³-hybridized carbons (Fsp3) is 0.333. The molecule has 2 aromatic carbocycles. The summed E-state index contributed by atoms with van der Waals surface area (Å²) in [6.45, 7) is 8.35. The van der Waals surface area contributed by atoms with Crippen LogP contribution in [0.4, 0.5) is 0 Å². The molecule has 2 aromatic rings. The lowest BCUT2D eigenvalue weighted by atomic mass is 9.90. The van der Waals surface area contributed by atoms with Gasteiger partial charge in [-0.25, -0.2) is 0 Å². The molecule has 0 fully saturated rings. The Balaban J connectivity index is 2.34. The second-order valence-electron chi connectivity index (χ2n) is 5.40. The van der Waals surface area contributed by atoms with E-state index in [0.29, 0.717) is 6.42 Å². The van der Waals surface area contributed by atoms with Gasteiger partial charge in [0.2, 0.25) is 0 Å². The van der Waals surface area contributed by atoms with Gasteiger partial charge in [0.1, 0.15) is 0 Å². The first kappa shape index (κ1) is 13.8. The first-order valence-electron chi connectivity index (χ1n) is 6.80. The van der Waals surface area contributed by atoms with E-state index in [1.807, 2.05) is 6.07 Å². The van der Waals surface area contributed by atoms with Crippen molar-refractivity contribution < 1.29 is 5.11 Å². The number of rotatable bonds is 3. The second-order valence-corrected chi connectivity index (χ2v) is 5.40. The molecule has 0 aromatic heterocycles. The smallest absolute Gasteiger partial charge is 0.0835 e. The van der Waals surface area contributed by atoms with Crippen molar-refractivity contribution in [2.45, 2.75) is 40.2 Å². The maximum atomic E-state index is 10.6. The van der Waals surface area contributed by atoms with E-state index in [1.165, 1.54) is 27.8 Å². The van der Waals surface area contributed by atoms with E-state index in [1.54, 1.807) is 0 Å². The van der Waals surface area contributed by atoms with E-state index in [4.69, 9.17) is 0 Å². The lowest BCUT2D eigenvalue weighted by molar-refractivity contribution is 0.176. The van der Waals surface area contributed by atoms with Crippen molar-refractivity contribution >= 4 is 0 Å². The average Bonchev–Trinajstić information content (AvgIpc) is 2.34. The van der Waals surface area contributed by atoms with Crippen LogP contribution in [0.1, 0.15) is 39.5 Å². The van der Waals surface area contributed by atoms with Crippen molar-refractivity contribution in [3.63, 3.8) is 0 Å². The summed E-state index contributed by atoms with van der Waals surface area (Å²) in [5.74, 6) is 0. The standard InChI is InChI=1S/C18H22O/c1-12-7-5-8-13(2)16(12)11-17(19)18-14(3)9-6-10-15(18)4/h5-10,17,19H,11H2,1-4H3. The predicted molar refractivity (Wildman–Crippen MR) is 80.5 cm³/mol. The number of hydrogen-bond acceptors (Lipinski definition) is 1. The third kappa shape index (κ3) is 2.87. The van der Waals surface area contributed by atoms with Crippen molar-refractivity contribution in [2.75, 3.05) is 0 Å². The molecule has 0 aliphatic rings. The fourth-order valence-electron chi connectivity index (χ4n) is 2.82. The minimum atomic E-state index is -0.430. The molecule has 0 spiro atoms. The number of benzene rings is 2. The number of aliphatic hydroxyl groups is 1. The van der Waals surface area contributed by atoms with Crippen molar-refractivity contribution in [3.05, 3.63) is 69.8 Å². The number of aliphatic hydroxyl groups excluding tert-OH is 1. The van der Waals surface area contributed by atoms with E-state index in [0.717, 1.165) is 5.56 Å². The molecule has 0 aliphatic heterocycles. The van der Waals surface area contributed by atoms with Crippen molar-refractivity contribution in [3.8, 4) is 0 Å². The molecule has 1 N–H and O–H groups in total. The molecular weight excluding hydrogens is 232 g/mol. The summed E-state index contributed by atoms with van der Waals surface area (Å²) in [6, 6.07) is 12.5. The Morgan fingerprint density at radius 1 is 0.789 bits per heavy atom. The molecule has 1 heteroatoms. The lowest BCUT2D eigenvalue weighted by Gasteiger charge is -2.19. The van der Waals surface area contributed by atoms with E-state index in [2.05, 4.69) is 58.0 Å². The summed E-state index contributed by atoms with van der Waals surface area (Å²) in [5, 5.41) is 10.6. The van der Waals surface area contributed by atoms with E-state index in [9.17, 15) is 5.11 Å². The van der Waals surface area contributed by atoms with Gasteiger partial charge in [0.25, 0.3) is 0 Å². The summed E-state index contributed by atoms with van der Waals surface area (Å²) in [7, 11) is 0. The molecule has 0 saturated heterocycles. The Hall–Kier alpha value is -1.60. The normalized spacial score (nSPS) is 12.5. The van der Waals surface area contributed by atoms with Gasteiger partial charge in [0.05, 0.1) is 6.10 Å². The molecular formula is C18H22O. The van der Waals surface area contributed by atoms with E-state index >= 15 is 0 Å². The van der Waals surface area contributed by atoms with E-state index < -0.39 is 6.10 Å². The molecule has 0 radical (unpaired) electrons. The maximum Gasteiger partial charge on any atom is 0.0835 e. The van der Waals surface area contributed by atoms with Gasteiger partial charge >= 0.3 is 0 Å². The SMILES string of the molecule is Cc1cccc(C)c1CC(O)c1c(C)cccc1C. The zero-order valence-electron chi connectivity index (χ0n) is 12.2. The second kappa shape index (κ2) is 5.58. The van der Waals surface area contributed by atoms with Crippen LogP contribution in [-0.2, 0) is 6.42 Å². The topological polar surface area (TPSA) is 20.2 Å². The highest BCUT2D eigenvalue weighted by Crippen LogP contribution is 2.27. The van der Waals surface area contributed by atoms with Crippen LogP contribution in [0.25, 0.3) is 0 Å². The highest BCUT2D eigenvalue weighted by Gasteiger charge is 2.15. The first-order valence-corrected chi connectivity index (χ1v) is 6.80. The van der Waals surface area contributed by atoms with Crippen LogP contribution in [0.2, 0.25) is 0 Å². The summed E-state index contributed by atoms with van der Waals surface area (Å²) < 4.78 is 0. The van der Waals surface area contributed by atoms with Gasteiger partial charge in [-0.3, -0.25) is 0 Å². The van der Waals surface area contributed by atoms with Gasteiger partial charge in [-0.15, -0.1) is 0 Å². The highest BCUT2D eigenvalue weighted by atomic mass is 16.3. The van der Waals surface area contributed by atoms with Gasteiger partial charge in [-0.1, -0.05) is 36.4 Å². The van der Waals surface area contributed by atoms with Crippen LogP contribution < -0.4 is 0 Å². The molecule has 0 bridgehead atoms. The average molecular weight is 254 g/mol. The monoisotopic (exact) mass is 254 g/mol. The third-order valence-electron chi connectivity index (χ3n) is 3.92. The molecule has 0 aliphatic carbocycles. The Morgan fingerprint density at radius 2 is 1.21 bits per heavy atom. The zero-order chi connectivity index (χ0) is 14.0. The summed E-state index contributed by atoms with van der Waals surface area (Å²) >= 11 is 0. The number of aryl methyl sites for hydroxylation is 4. The van der Waals surface area contributed by atoms with Crippen molar-refractivity contribution in [1.29, 1.82) is 0 Å². The molecule has 1 nitrogen and oxygen atoms in total. The van der Waals surface area contributed by atoms with Crippen molar-refractivity contribution in [1.82, 2.24) is 0 Å². The Morgan fingerprint density at radius 3 is 1.68 bits per heavy atom. The molecule has 1 atom stereocenters. The van der Waals surface area contributed by atoms with Crippen molar-refractivity contribution in [2.24, 2.45) is 0 Å². The Bertz CT molecular complexity index is 544. The van der Waals surface area contributed by atoms with Crippen LogP contribution >= 0.6 is 0 Å². The van der Waals surface area contributed by atoms with Gasteiger partial charge < -0.3 is 5.11 Å². The Kier molecular flexibility index (Phi) is 4.06. The van der Waals surface area contributed by atoms with Crippen LogP contribution in [0, 0.1) is 27.7 Å². The zero-order valence-corrected chi connectivity index (χ0v) is 12.2. The van der Waals surface area contributed by atoms with E-state index in [-0.39, 0.29) is 0 Å². The van der Waals surface area contributed by atoms with Gasteiger partial charge in [-0.2, -0.15) is 0 Å². The van der Waals surface area contributed by atoms with Gasteiger partial charge in [0.15, 0.2) is 0 Å². The Labute approximate surface area is 115 Å². The molecule has 1 unspecified atom stereocenters. The fourth-order valence-corrected chi connectivity index (χ4v) is 2.82. The first-order chi connectivity index (χ1) is 9.00. The number of hydrogen-bond donors (Lipinski definition) is 1. The molecule has 19 heavy (non-hydrogen) atoms. The van der Waals surface area contributed by atoms with Crippen LogP contribution in [0.3, 0.4) is 0 Å². The maximum absolute atomic E-state index is 10.6. The largest absolute Gasteiger partial charge is 0.388 e. The van der Waals surface area contributed by atoms with Gasteiger partial charge in [-0.05, 0) is 61.1 Å². The van der Waals surface area contributed by atoms with Crippen LogP contribution in [0.5, 0.6) is 0 Å². The quantitative estimate of drug-likeness (QED) is 0.870. The minimum absolute atomic E-state index is 0.430. The summed E-state index contributed by atoms with van der Waals surface area (Å²) in [4.78, 5) is 0. The molecule has 0 amide bonds. The highest BCUT2D eigenvalue weighted by molar-refractivity contribution is 5.39.